The summed E-state index contributed by atoms with van der Waals surface area (Å²) in [7, 11) is 0. The van der Waals surface area contributed by atoms with Crippen LogP contribution in [0.1, 0.15) is 31.2 Å². The number of benzene rings is 1. The topological polar surface area (TPSA) is 21.6 Å². The van der Waals surface area contributed by atoms with Gasteiger partial charge in [-0.1, -0.05) is 41.7 Å². The van der Waals surface area contributed by atoms with Crippen LogP contribution in [-0.2, 0) is 11.4 Å². The van der Waals surface area contributed by atoms with Crippen molar-refractivity contribution < 1.29 is 4.84 Å². The van der Waals surface area contributed by atoms with Gasteiger partial charge in [0.05, 0.1) is 0 Å². The summed E-state index contributed by atoms with van der Waals surface area (Å²) in [4.78, 5) is 5.19. The van der Waals surface area contributed by atoms with Crippen molar-refractivity contribution in [2.24, 2.45) is 11.1 Å². The van der Waals surface area contributed by atoms with E-state index in [2.05, 4.69) is 11.4 Å². The molecule has 85 valence electrons. The van der Waals surface area contributed by atoms with Crippen LogP contribution in [0.2, 0.25) is 5.02 Å². The van der Waals surface area contributed by atoms with Crippen molar-refractivity contribution in [2.75, 3.05) is 0 Å². The van der Waals surface area contributed by atoms with Gasteiger partial charge in [0, 0.05) is 10.9 Å². The van der Waals surface area contributed by atoms with Crippen molar-refractivity contribution in [3.8, 4) is 0 Å². The van der Waals surface area contributed by atoms with Crippen molar-refractivity contribution in [1.82, 2.24) is 0 Å². The van der Waals surface area contributed by atoms with Crippen LogP contribution in [0.3, 0.4) is 0 Å². The lowest BCUT2D eigenvalue weighted by Gasteiger charge is -2.01. The van der Waals surface area contributed by atoms with Gasteiger partial charge in [0.2, 0.25) is 0 Å². The molecule has 2 nitrogen and oxygen atoms in total. The standard InChI is InChI=1S/C13H15ClNO/c14-13-7-5-12(6-8-13)10-16-15-9-11-3-1-2-4-11/h5-8,11H,1-4,10H2. The molecule has 0 unspecified atom stereocenters. The Labute approximate surface area is 101 Å². The number of hydrogen-bond donors (Lipinski definition) is 0. The zero-order valence-electron chi connectivity index (χ0n) is 9.16. The van der Waals surface area contributed by atoms with E-state index in [-0.39, 0.29) is 0 Å². The van der Waals surface area contributed by atoms with E-state index in [0.29, 0.717) is 12.5 Å². The summed E-state index contributed by atoms with van der Waals surface area (Å²) in [5.41, 5.74) is 1.07. The molecule has 0 atom stereocenters. The van der Waals surface area contributed by atoms with Crippen molar-refractivity contribution in [3.05, 3.63) is 34.9 Å². The first kappa shape index (κ1) is 11.5. The zero-order chi connectivity index (χ0) is 11.2. The predicted octanol–water partition coefficient (Wildman–Crippen LogP) is 3.91. The summed E-state index contributed by atoms with van der Waals surface area (Å²) >= 11 is 5.78. The predicted molar refractivity (Wildman–Crippen MR) is 65.6 cm³/mol. The molecule has 0 bridgehead atoms. The zero-order valence-corrected chi connectivity index (χ0v) is 9.91. The van der Waals surface area contributed by atoms with Crippen LogP contribution in [0.15, 0.2) is 29.4 Å². The quantitative estimate of drug-likeness (QED) is 0.574. The van der Waals surface area contributed by atoms with Crippen LogP contribution in [-0.4, -0.2) is 6.21 Å². The molecule has 1 aromatic rings. The van der Waals surface area contributed by atoms with Gasteiger partial charge in [-0.3, -0.25) is 0 Å². The van der Waals surface area contributed by atoms with E-state index in [0.717, 1.165) is 10.6 Å². The highest BCUT2D eigenvalue weighted by Crippen LogP contribution is 2.22. The number of nitrogens with zero attached hydrogens (tertiary/aromatic N) is 1. The summed E-state index contributed by atoms with van der Waals surface area (Å²) in [5.74, 6) is 0.505. The third-order valence-electron chi connectivity index (χ3n) is 2.80. The third-order valence-corrected chi connectivity index (χ3v) is 3.05. The Hall–Kier alpha value is -1.02. The Bertz CT molecular complexity index is 341. The number of rotatable bonds is 4. The van der Waals surface area contributed by atoms with E-state index in [1.54, 1.807) is 0 Å². The lowest BCUT2D eigenvalue weighted by molar-refractivity contribution is 0.130. The molecule has 0 saturated heterocycles. The van der Waals surface area contributed by atoms with E-state index in [9.17, 15) is 0 Å². The molecule has 2 rings (SSSR count). The Morgan fingerprint density at radius 1 is 1.25 bits per heavy atom. The largest absolute Gasteiger partial charge is 0.391 e. The third kappa shape index (κ3) is 3.53. The van der Waals surface area contributed by atoms with E-state index in [1.807, 2.05) is 24.3 Å². The van der Waals surface area contributed by atoms with Gasteiger partial charge in [-0.2, -0.15) is 0 Å². The maximum atomic E-state index is 5.78. The fraction of sp³-hybridized carbons (Fsp3) is 0.462. The van der Waals surface area contributed by atoms with Crippen molar-refractivity contribution in [2.45, 2.75) is 32.3 Å². The molecule has 1 saturated carbocycles. The molecular weight excluding hydrogens is 222 g/mol. The smallest absolute Gasteiger partial charge is 0.142 e. The molecule has 0 aromatic heterocycles. The van der Waals surface area contributed by atoms with Crippen LogP contribution in [0.4, 0.5) is 0 Å². The molecule has 1 fully saturated rings. The molecule has 16 heavy (non-hydrogen) atoms. The lowest BCUT2D eigenvalue weighted by Crippen LogP contribution is -1.95. The van der Waals surface area contributed by atoms with Gasteiger partial charge in [0.15, 0.2) is 0 Å². The van der Waals surface area contributed by atoms with Gasteiger partial charge < -0.3 is 4.84 Å². The Kier molecular flexibility index (Phi) is 4.23. The highest BCUT2D eigenvalue weighted by Gasteiger charge is 2.12. The highest BCUT2D eigenvalue weighted by atomic mass is 35.5. The molecule has 0 N–H and O–H groups in total. The van der Waals surface area contributed by atoms with Crippen molar-refractivity contribution in [3.63, 3.8) is 0 Å². The lowest BCUT2D eigenvalue weighted by atomic mass is 10.1. The van der Waals surface area contributed by atoms with Gasteiger partial charge in [0.1, 0.15) is 12.8 Å². The second kappa shape index (κ2) is 5.90. The minimum atomic E-state index is 0.483. The number of halogens is 1. The Morgan fingerprint density at radius 2 is 1.94 bits per heavy atom. The van der Waals surface area contributed by atoms with Gasteiger partial charge >= 0.3 is 0 Å². The molecule has 0 spiro atoms. The van der Waals surface area contributed by atoms with E-state index in [4.69, 9.17) is 16.4 Å². The van der Waals surface area contributed by atoms with E-state index < -0.39 is 0 Å². The van der Waals surface area contributed by atoms with E-state index >= 15 is 0 Å². The maximum Gasteiger partial charge on any atom is 0.142 e. The molecule has 1 aliphatic rings. The monoisotopic (exact) mass is 236 g/mol. The highest BCUT2D eigenvalue weighted by molar-refractivity contribution is 6.30. The SMILES string of the molecule is Clc1ccc(CO/N=[C]\C2CCCC2)cc1. The summed E-state index contributed by atoms with van der Waals surface area (Å²) in [6, 6.07) is 7.58. The molecule has 1 aromatic carbocycles. The number of hydrogen-bond acceptors (Lipinski definition) is 2. The normalized spacial score (nSPS) is 17.1. The van der Waals surface area contributed by atoms with Gasteiger partial charge in [0.25, 0.3) is 0 Å². The summed E-state index contributed by atoms with van der Waals surface area (Å²) in [6.45, 7) is 0.483. The minimum Gasteiger partial charge on any atom is -0.391 e. The van der Waals surface area contributed by atoms with Crippen LogP contribution in [0, 0.1) is 5.92 Å². The first-order chi connectivity index (χ1) is 7.84. The molecular formula is C13H15ClNO. The fourth-order valence-corrected chi connectivity index (χ4v) is 1.98. The molecule has 0 amide bonds. The Morgan fingerprint density at radius 3 is 2.62 bits per heavy atom. The minimum absolute atomic E-state index is 0.483. The van der Waals surface area contributed by atoms with Crippen LogP contribution in [0.25, 0.3) is 0 Å². The summed E-state index contributed by atoms with van der Waals surface area (Å²) in [6.07, 6.45) is 8.04. The molecule has 1 aliphatic carbocycles. The fourth-order valence-electron chi connectivity index (χ4n) is 1.85. The first-order valence-electron chi connectivity index (χ1n) is 5.66. The average Bonchev–Trinajstić information content (AvgIpc) is 2.80. The second-order valence-electron chi connectivity index (χ2n) is 4.10. The van der Waals surface area contributed by atoms with Crippen LogP contribution >= 0.6 is 11.6 Å². The van der Waals surface area contributed by atoms with E-state index in [1.165, 1.54) is 25.7 Å². The van der Waals surface area contributed by atoms with Gasteiger partial charge in [-0.15, -0.1) is 0 Å². The maximum absolute atomic E-state index is 5.78. The molecule has 0 heterocycles. The first-order valence-corrected chi connectivity index (χ1v) is 6.04. The molecule has 3 heteroatoms. The van der Waals surface area contributed by atoms with Crippen molar-refractivity contribution in [1.29, 1.82) is 0 Å². The Balaban J connectivity index is 1.72. The van der Waals surface area contributed by atoms with Crippen molar-refractivity contribution >= 4 is 17.8 Å². The summed E-state index contributed by atoms with van der Waals surface area (Å²) in [5, 5.41) is 4.63. The average molecular weight is 237 g/mol. The molecule has 0 aliphatic heterocycles. The van der Waals surface area contributed by atoms with Crippen LogP contribution < -0.4 is 0 Å². The van der Waals surface area contributed by atoms with Crippen LogP contribution in [0.5, 0.6) is 0 Å². The second-order valence-corrected chi connectivity index (χ2v) is 4.54. The molecule has 1 radical (unpaired) electrons. The summed E-state index contributed by atoms with van der Waals surface area (Å²) < 4.78 is 0. The van der Waals surface area contributed by atoms with Gasteiger partial charge in [-0.25, -0.2) is 0 Å². The van der Waals surface area contributed by atoms with Gasteiger partial charge in [-0.05, 0) is 30.5 Å².